The first-order valence-electron chi connectivity index (χ1n) is 7.39. The van der Waals surface area contributed by atoms with Crippen LogP contribution < -0.4 is 10.6 Å². The van der Waals surface area contributed by atoms with Gasteiger partial charge in [-0.3, -0.25) is 14.9 Å². The number of hydrogen-bond donors (Lipinski definition) is 2. The van der Waals surface area contributed by atoms with Gasteiger partial charge in [-0.25, -0.2) is 4.79 Å². The van der Waals surface area contributed by atoms with E-state index in [9.17, 15) is 14.4 Å². The van der Waals surface area contributed by atoms with E-state index in [0.717, 1.165) is 5.56 Å². The molecule has 3 rings (SSSR count). The molecule has 4 amide bonds. The predicted octanol–water partition coefficient (Wildman–Crippen LogP) is 0.786. The lowest BCUT2D eigenvalue weighted by Gasteiger charge is -2.37. The lowest BCUT2D eigenvalue weighted by atomic mass is 10.0. The molecule has 2 fully saturated rings. The molecular weight excluding hydrogens is 355 g/mol. The molecule has 0 spiro atoms. The van der Waals surface area contributed by atoms with E-state index in [0.29, 0.717) is 24.7 Å². The van der Waals surface area contributed by atoms with Crippen LogP contribution >= 0.6 is 24.0 Å². The fourth-order valence-corrected chi connectivity index (χ4v) is 3.15. The van der Waals surface area contributed by atoms with Crippen molar-refractivity contribution in [1.29, 1.82) is 0 Å². The predicted molar refractivity (Wildman–Crippen MR) is 91.1 cm³/mol. The van der Waals surface area contributed by atoms with Crippen molar-refractivity contribution in [1.82, 2.24) is 20.4 Å². The normalized spacial score (nSPS) is 20.6. The summed E-state index contributed by atoms with van der Waals surface area (Å²) in [5.74, 6) is -0.577. The Hall–Kier alpha value is -1.83. The molecule has 2 heterocycles. The molecular formula is C15H18Cl2N4O3. The summed E-state index contributed by atoms with van der Waals surface area (Å²) in [4.78, 5) is 38.4. The van der Waals surface area contributed by atoms with Crippen molar-refractivity contribution in [2.45, 2.75) is 6.04 Å². The van der Waals surface area contributed by atoms with Crippen LogP contribution in [-0.2, 0) is 9.59 Å². The summed E-state index contributed by atoms with van der Waals surface area (Å²) in [6.45, 7) is 1.61. The summed E-state index contributed by atoms with van der Waals surface area (Å²) >= 11 is 6.26. The summed E-state index contributed by atoms with van der Waals surface area (Å²) in [7, 11) is 0. The van der Waals surface area contributed by atoms with E-state index in [1.807, 2.05) is 18.2 Å². The number of urea groups is 1. The van der Waals surface area contributed by atoms with Crippen LogP contribution in [-0.4, -0.2) is 60.4 Å². The van der Waals surface area contributed by atoms with Gasteiger partial charge in [0.15, 0.2) is 0 Å². The van der Waals surface area contributed by atoms with Crippen molar-refractivity contribution in [2.75, 3.05) is 32.7 Å². The molecule has 0 aromatic heterocycles. The van der Waals surface area contributed by atoms with Gasteiger partial charge >= 0.3 is 6.03 Å². The van der Waals surface area contributed by atoms with E-state index in [4.69, 9.17) is 11.6 Å². The Balaban J connectivity index is 0.00000208. The summed E-state index contributed by atoms with van der Waals surface area (Å²) in [6, 6.07) is 6.70. The van der Waals surface area contributed by atoms with Crippen LogP contribution in [0, 0.1) is 0 Å². The molecule has 2 aliphatic rings. The Bertz CT molecular complexity index is 655. The summed E-state index contributed by atoms with van der Waals surface area (Å²) in [6.07, 6.45) is 0. The highest BCUT2D eigenvalue weighted by Crippen LogP contribution is 2.28. The summed E-state index contributed by atoms with van der Waals surface area (Å²) < 4.78 is 0. The molecule has 0 aliphatic carbocycles. The van der Waals surface area contributed by atoms with Gasteiger partial charge in [-0.1, -0.05) is 29.8 Å². The van der Waals surface area contributed by atoms with E-state index in [-0.39, 0.29) is 43.4 Å². The van der Waals surface area contributed by atoms with E-state index >= 15 is 0 Å². The number of hydrogen-bond acceptors (Lipinski definition) is 4. The largest absolute Gasteiger partial charge is 0.331 e. The van der Waals surface area contributed by atoms with Gasteiger partial charge < -0.3 is 15.1 Å². The molecule has 24 heavy (non-hydrogen) atoms. The maximum absolute atomic E-state index is 12.6. The number of carbonyl (C=O) groups excluding carboxylic acids is 3. The second kappa shape index (κ2) is 7.83. The third-order valence-electron chi connectivity index (χ3n) is 4.02. The quantitative estimate of drug-likeness (QED) is 0.768. The number of piperazine rings is 1. The SMILES string of the molecule is Cl.O=C1CN(CC(=O)N2CCNCC2c2ccccc2Cl)C(=O)N1. The standard InChI is InChI=1S/C15H17ClN4O3.ClH/c16-11-4-2-1-3-10(11)12-7-17-5-6-20(12)14(22)9-19-8-13(21)18-15(19)23;/h1-4,12,17H,5-9H2,(H,18,21,23);1H. The van der Waals surface area contributed by atoms with E-state index in [1.54, 1.807) is 11.0 Å². The topological polar surface area (TPSA) is 81.8 Å². The molecule has 1 unspecified atom stereocenters. The Morgan fingerprint density at radius 1 is 1.29 bits per heavy atom. The molecule has 9 heteroatoms. The average Bonchev–Trinajstić information content (AvgIpc) is 2.85. The Morgan fingerprint density at radius 2 is 2.04 bits per heavy atom. The van der Waals surface area contributed by atoms with E-state index in [2.05, 4.69) is 10.6 Å². The number of rotatable bonds is 3. The fraction of sp³-hybridized carbons (Fsp3) is 0.400. The van der Waals surface area contributed by atoms with Gasteiger partial charge in [0.2, 0.25) is 11.8 Å². The Morgan fingerprint density at radius 3 is 2.71 bits per heavy atom. The Labute approximate surface area is 150 Å². The van der Waals surface area contributed by atoms with Gasteiger partial charge in [0.1, 0.15) is 13.1 Å². The van der Waals surface area contributed by atoms with Crippen molar-refractivity contribution in [2.24, 2.45) is 0 Å². The van der Waals surface area contributed by atoms with Crippen molar-refractivity contribution in [3.63, 3.8) is 0 Å². The van der Waals surface area contributed by atoms with Crippen LogP contribution in [0.15, 0.2) is 24.3 Å². The average molecular weight is 373 g/mol. The highest BCUT2D eigenvalue weighted by Gasteiger charge is 2.33. The number of imide groups is 1. The molecule has 0 radical (unpaired) electrons. The number of nitrogens with one attached hydrogen (secondary N) is 2. The fourth-order valence-electron chi connectivity index (χ4n) is 2.89. The zero-order chi connectivity index (χ0) is 16.4. The van der Waals surface area contributed by atoms with E-state index in [1.165, 1.54) is 4.90 Å². The molecule has 130 valence electrons. The smallest absolute Gasteiger partial charge is 0.325 e. The van der Waals surface area contributed by atoms with Gasteiger partial charge in [0.25, 0.3) is 0 Å². The molecule has 1 aromatic rings. The number of halogens is 2. The van der Waals surface area contributed by atoms with Crippen LogP contribution in [0.1, 0.15) is 11.6 Å². The first-order chi connectivity index (χ1) is 11.1. The highest BCUT2D eigenvalue weighted by molar-refractivity contribution is 6.31. The van der Waals surface area contributed by atoms with E-state index < -0.39 is 6.03 Å². The van der Waals surface area contributed by atoms with Crippen molar-refractivity contribution in [3.8, 4) is 0 Å². The summed E-state index contributed by atoms with van der Waals surface area (Å²) in [5.41, 5.74) is 0.872. The maximum Gasteiger partial charge on any atom is 0.325 e. The van der Waals surface area contributed by atoms with Gasteiger partial charge in [0, 0.05) is 24.7 Å². The minimum Gasteiger partial charge on any atom is -0.331 e. The molecule has 0 saturated carbocycles. The van der Waals surface area contributed by atoms with Gasteiger partial charge in [-0.05, 0) is 11.6 Å². The number of carbonyl (C=O) groups is 3. The number of amides is 4. The maximum atomic E-state index is 12.6. The zero-order valence-corrected chi connectivity index (χ0v) is 14.4. The first-order valence-corrected chi connectivity index (χ1v) is 7.77. The molecule has 0 bridgehead atoms. The minimum absolute atomic E-state index is 0. The van der Waals surface area contributed by atoms with Crippen LogP contribution in [0.3, 0.4) is 0 Å². The van der Waals surface area contributed by atoms with Crippen molar-refractivity contribution >= 4 is 41.9 Å². The molecule has 1 aromatic carbocycles. The monoisotopic (exact) mass is 372 g/mol. The van der Waals surface area contributed by atoms with Crippen LogP contribution in [0.5, 0.6) is 0 Å². The second-order valence-electron chi connectivity index (χ2n) is 5.54. The third kappa shape index (κ3) is 3.80. The molecule has 7 nitrogen and oxygen atoms in total. The third-order valence-corrected chi connectivity index (χ3v) is 4.37. The van der Waals surface area contributed by atoms with Crippen LogP contribution in [0.4, 0.5) is 4.79 Å². The van der Waals surface area contributed by atoms with Crippen LogP contribution in [0.25, 0.3) is 0 Å². The zero-order valence-electron chi connectivity index (χ0n) is 12.8. The first kappa shape index (κ1) is 18.5. The molecule has 1 atom stereocenters. The summed E-state index contributed by atoms with van der Waals surface area (Å²) in [5, 5.41) is 6.03. The lowest BCUT2D eigenvalue weighted by Crippen LogP contribution is -2.51. The van der Waals surface area contributed by atoms with Crippen LogP contribution in [0.2, 0.25) is 5.02 Å². The van der Waals surface area contributed by atoms with Gasteiger partial charge in [-0.2, -0.15) is 0 Å². The van der Waals surface area contributed by atoms with Crippen molar-refractivity contribution < 1.29 is 14.4 Å². The number of nitrogens with zero attached hydrogens (tertiary/aromatic N) is 2. The minimum atomic E-state index is -0.521. The second-order valence-corrected chi connectivity index (χ2v) is 5.95. The molecule has 2 aliphatic heterocycles. The Kier molecular flexibility index (Phi) is 6.04. The highest BCUT2D eigenvalue weighted by atomic mass is 35.5. The molecule has 2 N–H and O–H groups in total. The van der Waals surface area contributed by atoms with Gasteiger partial charge in [-0.15, -0.1) is 12.4 Å². The van der Waals surface area contributed by atoms with Gasteiger partial charge in [0.05, 0.1) is 6.04 Å². The lowest BCUT2D eigenvalue weighted by molar-refractivity contribution is -0.135. The van der Waals surface area contributed by atoms with Crippen molar-refractivity contribution in [3.05, 3.63) is 34.9 Å². The number of benzene rings is 1. The molecule has 2 saturated heterocycles.